The Morgan fingerprint density at radius 2 is 2.10 bits per heavy atom. The molecular formula is C16H20N4O. The maximum absolute atomic E-state index is 5.84. The van der Waals surface area contributed by atoms with Gasteiger partial charge in [-0.15, -0.1) is 0 Å². The summed E-state index contributed by atoms with van der Waals surface area (Å²) in [5.41, 5.74) is 6.44. The number of ether oxygens (including phenoxy) is 1. The lowest BCUT2D eigenvalue weighted by molar-refractivity contribution is 0.352. The number of hydrazine groups is 1. The number of fused-ring (bicyclic) bond motifs is 1. The molecule has 0 aliphatic heterocycles. The Balaban J connectivity index is 2.01. The smallest absolute Gasteiger partial charge is 0.237 e. The molecule has 2 unspecified atom stereocenters. The van der Waals surface area contributed by atoms with Crippen molar-refractivity contribution >= 4 is 0 Å². The van der Waals surface area contributed by atoms with Crippen molar-refractivity contribution in [3.05, 3.63) is 53.5 Å². The van der Waals surface area contributed by atoms with Gasteiger partial charge in [0.25, 0.3) is 0 Å². The average Bonchev–Trinajstić information content (AvgIpc) is 2.56. The first-order chi connectivity index (χ1) is 10.3. The lowest BCUT2D eigenvalue weighted by Crippen LogP contribution is -2.35. The summed E-state index contributed by atoms with van der Waals surface area (Å²) in [5, 5.41) is 0. The van der Waals surface area contributed by atoms with Crippen LogP contribution in [0, 0.1) is 0 Å². The van der Waals surface area contributed by atoms with Crippen molar-refractivity contribution < 1.29 is 4.74 Å². The molecule has 110 valence electrons. The number of methoxy groups -OCH3 is 1. The van der Waals surface area contributed by atoms with Crippen LogP contribution in [0.5, 0.6) is 5.88 Å². The monoisotopic (exact) mass is 284 g/mol. The molecule has 3 N–H and O–H groups in total. The van der Waals surface area contributed by atoms with Gasteiger partial charge >= 0.3 is 0 Å². The molecule has 0 spiro atoms. The molecule has 0 saturated carbocycles. The molecule has 1 aromatic carbocycles. The number of benzene rings is 1. The predicted molar refractivity (Wildman–Crippen MR) is 80.8 cm³/mol. The number of rotatable bonds is 4. The van der Waals surface area contributed by atoms with E-state index in [1.165, 1.54) is 11.1 Å². The number of nitrogens with two attached hydrogens (primary N) is 1. The van der Waals surface area contributed by atoms with Gasteiger partial charge in [-0.05, 0) is 30.4 Å². The molecular weight excluding hydrogens is 264 g/mol. The second kappa shape index (κ2) is 6.20. The molecule has 1 heterocycles. The van der Waals surface area contributed by atoms with E-state index in [0.717, 1.165) is 25.0 Å². The van der Waals surface area contributed by atoms with Crippen LogP contribution in [0.3, 0.4) is 0 Å². The molecule has 21 heavy (non-hydrogen) atoms. The van der Waals surface area contributed by atoms with E-state index in [1.807, 2.05) is 0 Å². The molecule has 1 aliphatic rings. The third-order valence-corrected chi connectivity index (χ3v) is 4.18. The van der Waals surface area contributed by atoms with Gasteiger partial charge in [0.05, 0.1) is 13.2 Å². The molecule has 2 atom stereocenters. The van der Waals surface area contributed by atoms with Crippen LogP contribution in [0.25, 0.3) is 0 Å². The summed E-state index contributed by atoms with van der Waals surface area (Å²) in [5.74, 6) is 6.66. The van der Waals surface area contributed by atoms with Crippen molar-refractivity contribution in [1.82, 2.24) is 15.4 Å². The van der Waals surface area contributed by atoms with E-state index in [-0.39, 0.29) is 12.0 Å². The first kappa shape index (κ1) is 14.0. The van der Waals surface area contributed by atoms with Gasteiger partial charge in [0, 0.05) is 18.3 Å². The second-order valence-electron chi connectivity index (χ2n) is 5.29. The topological polar surface area (TPSA) is 73.1 Å². The third-order valence-electron chi connectivity index (χ3n) is 4.18. The number of hydrogen-bond acceptors (Lipinski definition) is 5. The Hall–Kier alpha value is -1.98. The van der Waals surface area contributed by atoms with E-state index < -0.39 is 0 Å². The average molecular weight is 284 g/mol. The van der Waals surface area contributed by atoms with Gasteiger partial charge in [0.1, 0.15) is 5.69 Å². The van der Waals surface area contributed by atoms with Crippen molar-refractivity contribution in [2.24, 2.45) is 5.84 Å². The largest absolute Gasteiger partial charge is 0.480 e. The summed E-state index contributed by atoms with van der Waals surface area (Å²) in [4.78, 5) is 8.68. The molecule has 0 bridgehead atoms. The highest BCUT2D eigenvalue weighted by Gasteiger charge is 2.31. The molecule has 1 aliphatic carbocycles. The fourth-order valence-electron chi connectivity index (χ4n) is 3.23. The van der Waals surface area contributed by atoms with Gasteiger partial charge in [-0.1, -0.05) is 24.3 Å². The van der Waals surface area contributed by atoms with Gasteiger partial charge in [0.15, 0.2) is 0 Å². The fourth-order valence-corrected chi connectivity index (χ4v) is 3.23. The molecule has 3 rings (SSSR count). The zero-order valence-corrected chi connectivity index (χ0v) is 12.1. The van der Waals surface area contributed by atoms with Crippen LogP contribution in [0.4, 0.5) is 0 Å². The molecule has 5 heteroatoms. The summed E-state index contributed by atoms with van der Waals surface area (Å²) >= 11 is 0. The van der Waals surface area contributed by atoms with Crippen molar-refractivity contribution in [3.63, 3.8) is 0 Å². The molecule has 0 fully saturated rings. The standard InChI is InChI=1S/C16H20N4O/c1-21-16-15(18-9-10-19-16)14(20-17)13-8-4-6-11-5-2-3-7-12(11)13/h2-3,5,7,9-10,13-14,20H,4,6,8,17H2,1H3. The van der Waals surface area contributed by atoms with Crippen molar-refractivity contribution in [2.75, 3.05) is 7.11 Å². The van der Waals surface area contributed by atoms with Crippen LogP contribution in [0.15, 0.2) is 36.7 Å². The van der Waals surface area contributed by atoms with E-state index in [0.29, 0.717) is 5.88 Å². The minimum atomic E-state index is -0.102. The van der Waals surface area contributed by atoms with Crippen LogP contribution in [0.1, 0.15) is 41.6 Å². The highest BCUT2D eigenvalue weighted by atomic mass is 16.5. The van der Waals surface area contributed by atoms with Gasteiger partial charge in [-0.3, -0.25) is 16.3 Å². The highest BCUT2D eigenvalue weighted by Crippen LogP contribution is 2.40. The molecule has 1 aromatic heterocycles. The summed E-state index contributed by atoms with van der Waals surface area (Å²) in [6, 6.07) is 8.46. The Morgan fingerprint density at radius 3 is 2.90 bits per heavy atom. The summed E-state index contributed by atoms with van der Waals surface area (Å²) in [6.07, 6.45) is 6.66. The summed E-state index contributed by atoms with van der Waals surface area (Å²) in [7, 11) is 1.61. The van der Waals surface area contributed by atoms with Crippen molar-refractivity contribution in [1.29, 1.82) is 0 Å². The van der Waals surface area contributed by atoms with Crippen LogP contribution < -0.4 is 16.0 Å². The quantitative estimate of drug-likeness (QED) is 0.664. The Morgan fingerprint density at radius 1 is 1.29 bits per heavy atom. The SMILES string of the molecule is COc1nccnc1C(NN)C1CCCc2ccccc21. The van der Waals surface area contributed by atoms with Gasteiger partial charge in [-0.25, -0.2) is 4.98 Å². The normalized spacial score (nSPS) is 18.9. The lowest BCUT2D eigenvalue weighted by Gasteiger charge is -2.32. The molecule has 0 amide bonds. The van der Waals surface area contributed by atoms with Crippen LogP contribution >= 0.6 is 0 Å². The van der Waals surface area contributed by atoms with E-state index in [9.17, 15) is 0 Å². The number of hydrogen-bond donors (Lipinski definition) is 2. The maximum atomic E-state index is 5.84. The van der Waals surface area contributed by atoms with Crippen LogP contribution in [0.2, 0.25) is 0 Å². The maximum Gasteiger partial charge on any atom is 0.237 e. The minimum Gasteiger partial charge on any atom is -0.480 e. The highest BCUT2D eigenvalue weighted by molar-refractivity contribution is 5.36. The summed E-state index contributed by atoms with van der Waals surface area (Å²) in [6.45, 7) is 0. The Kier molecular flexibility index (Phi) is 4.13. The molecule has 0 radical (unpaired) electrons. The predicted octanol–water partition coefficient (Wildman–Crippen LogP) is 2.11. The van der Waals surface area contributed by atoms with Gasteiger partial charge in [0.2, 0.25) is 5.88 Å². The molecule has 2 aromatic rings. The fraction of sp³-hybridized carbons (Fsp3) is 0.375. The first-order valence-corrected chi connectivity index (χ1v) is 7.24. The van der Waals surface area contributed by atoms with E-state index in [4.69, 9.17) is 10.6 Å². The van der Waals surface area contributed by atoms with Gasteiger partial charge < -0.3 is 4.74 Å². The van der Waals surface area contributed by atoms with E-state index in [2.05, 4.69) is 39.7 Å². The van der Waals surface area contributed by atoms with E-state index >= 15 is 0 Å². The van der Waals surface area contributed by atoms with E-state index in [1.54, 1.807) is 19.5 Å². The number of nitrogens with one attached hydrogen (secondary N) is 1. The summed E-state index contributed by atoms with van der Waals surface area (Å²) < 4.78 is 5.34. The minimum absolute atomic E-state index is 0.102. The first-order valence-electron chi connectivity index (χ1n) is 7.24. The Labute approximate surface area is 124 Å². The zero-order chi connectivity index (χ0) is 14.7. The molecule has 5 nitrogen and oxygen atoms in total. The second-order valence-corrected chi connectivity index (χ2v) is 5.29. The zero-order valence-electron chi connectivity index (χ0n) is 12.1. The number of nitrogens with zero attached hydrogens (tertiary/aromatic N) is 2. The third kappa shape index (κ3) is 2.62. The number of aromatic nitrogens is 2. The lowest BCUT2D eigenvalue weighted by atomic mass is 9.78. The van der Waals surface area contributed by atoms with Crippen molar-refractivity contribution in [3.8, 4) is 5.88 Å². The van der Waals surface area contributed by atoms with Gasteiger partial charge in [-0.2, -0.15) is 0 Å². The van der Waals surface area contributed by atoms with Crippen LogP contribution in [-0.4, -0.2) is 17.1 Å². The number of aryl methyl sites for hydroxylation is 1. The van der Waals surface area contributed by atoms with Crippen molar-refractivity contribution in [2.45, 2.75) is 31.2 Å². The van der Waals surface area contributed by atoms with Crippen LogP contribution in [-0.2, 0) is 6.42 Å². The Bertz CT molecular complexity index is 617. The molecule has 0 saturated heterocycles.